The second kappa shape index (κ2) is 5.77. The van der Waals surface area contributed by atoms with Crippen molar-refractivity contribution >= 4 is 17.6 Å². The van der Waals surface area contributed by atoms with E-state index in [1.807, 2.05) is 6.07 Å². The predicted molar refractivity (Wildman–Crippen MR) is 94.3 cm³/mol. The zero-order chi connectivity index (χ0) is 17.9. The summed E-state index contributed by atoms with van der Waals surface area (Å²) in [7, 11) is 0. The van der Waals surface area contributed by atoms with Gasteiger partial charge in [-0.25, -0.2) is 0 Å². The molecule has 0 radical (unpaired) electrons. The third kappa shape index (κ3) is 2.67. The lowest BCUT2D eigenvalue weighted by Gasteiger charge is -2.58. The number of rotatable bonds is 3. The van der Waals surface area contributed by atoms with E-state index in [1.54, 1.807) is 6.07 Å². The second-order valence-electron chi connectivity index (χ2n) is 8.64. The third-order valence-corrected chi connectivity index (χ3v) is 6.77. The minimum absolute atomic E-state index is 0.157. The molecule has 0 spiro atoms. The van der Waals surface area contributed by atoms with E-state index in [1.165, 1.54) is 0 Å². The molecule has 4 bridgehead atoms. The molecular formula is C20H23ClO5. The molecule has 140 valence electrons. The van der Waals surface area contributed by atoms with Crippen LogP contribution < -0.4 is 9.47 Å². The molecule has 5 nitrogen and oxygen atoms in total. The zero-order valence-electron chi connectivity index (χ0n) is 14.6. The predicted octanol–water partition coefficient (Wildman–Crippen LogP) is 3.49. The van der Waals surface area contributed by atoms with Gasteiger partial charge in [-0.05, 0) is 68.1 Å². The maximum atomic E-state index is 13.0. The summed E-state index contributed by atoms with van der Waals surface area (Å²) in [5.41, 5.74) is -0.379. The minimum Gasteiger partial charge on any atom is -0.486 e. The van der Waals surface area contributed by atoms with Crippen LogP contribution in [0.2, 0.25) is 5.02 Å². The van der Waals surface area contributed by atoms with Crippen molar-refractivity contribution in [3.63, 3.8) is 0 Å². The lowest BCUT2D eigenvalue weighted by atomic mass is 9.48. The number of hydrogen-bond donors (Lipinski definition) is 1. The molecule has 0 amide bonds. The summed E-state index contributed by atoms with van der Waals surface area (Å²) in [6, 6.07) is 3.58. The molecule has 26 heavy (non-hydrogen) atoms. The van der Waals surface area contributed by atoms with E-state index in [-0.39, 0.29) is 12.6 Å². The fourth-order valence-corrected chi connectivity index (χ4v) is 6.29. The van der Waals surface area contributed by atoms with Crippen molar-refractivity contribution in [2.75, 3.05) is 13.2 Å². The SMILES string of the molecule is O=C(OCc1cc(Cl)c2c(c1)OCCO2)C12C[C@H]3C[C@@H](CC(O)(C3)C1)C2. The Hall–Kier alpha value is -1.46. The Balaban J connectivity index is 1.32. The molecule has 0 unspecified atom stereocenters. The van der Waals surface area contributed by atoms with Crippen LogP contribution in [0.4, 0.5) is 0 Å². The van der Waals surface area contributed by atoms with E-state index >= 15 is 0 Å². The maximum absolute atomic E-state index is 13.0. The van der Waals surface area contributed by atoms with Gasteiger partial charge in [0.05, 0.1) is 16.0 Å². The van der Waals surface area contributed by atoms with Gasteiger partial charge in [-0.3, -0.25) is 4.79 Å². The van der Waals surface area contributed by atoms with Gasteiger partial charge in [0, 0.05) is 0 Å². The summed E-state index contributed by atoms with van der Waals surface area (Å²) in [5.74, 6) is 1.89. The molecule has 1 aliphatic heterocycles. The number of esters is 1. The van der Waals surface area contributed by atoms with E-state index in [4.69, 9.17) is 25.8 Å². The maximum Gasteiger partial charge on any atom is 0.312 e. The molecule has 2 atom stereocenters. The number of benzene rings is 1. The van der Waals surface area contributed by atoms with Gasteiger partial charge in [0.25, 0.3) is 0 Å². The number of carbonyl (C=O) groups excluding carboxylic acids is 1. The lowest BCUT2D eigenvalue weighted by Crippen LogP contribution is -2.58. The van der Waals surface area contributed by atoms with Crippen LogP contribution in [0.15, 0.2) is 12.1 Å². The summed E-state index contributed by atoms with van der Waals surface area (Å²) >= 11 is 6.26. The van der Waals surface area contributed by atoms with Crippen LogP contribution in [0, 0.1) is 17.3 Å². The molecule has 1 N–H and O–H groups in total. The molecule has 1 aromatic carbocycles. The van der Waals surface area contributed by atoms with Crippen molar-refractivity contribution < 1.29 is 24.1 Å². The zero-order valence-corrected chi connectivity index (χ0v) is 15.4. The van der Waals surface area contributed by atoms with Crippen LogP contribution >= 0.6 is 11.6 Å². The number of halogens is 1. The number of carbonyl (C=O) groups is 1. The Morgan fingerprint density at radius 2 is 1.92 bits per heavy atom. The highest BCUT2D eigenvalue weighted by molar-refractivity contribution is 6.32. The highest BCUT2D eigenvalue weighted by Gasteiger charge is 2.60. The topological polar surface area (TPSA) is 65.0 Å². The molecule has 0 saturated heterocycles. The molecule has 4 saturated carbocycles. The van der Waals surface area contributed by atoms with Crippen molar-refractivity contribution in [3.8, 4) is 11.5 Å². The van der Waals surface area contributed by atoms with Crippen LogP contribution in [0.25, 0.3) is 0 Å². The molecule has 1 aromatic rings. The Bertz CT molecular complexity index is 747. The summed E-state index contributed by atoms with van der Waals surface area (Å²) in [4.78, 5) is 13.0. The standard InChI is InChI=1S/C20H23ClO5/c21-15-4-12(5-16-17(15)25-2-1-24-16)10-26-18(22)19-6-13-3-14(7-19)9-20(23,8-13)11-19/h4-5,13-14,23H,1-3,6-11H2/t13-,14-,19?,20?/m1/s1. The molecule has 4 aliphatic carbocycles. The van der Waals surface area contributed by atoms with Crippen molar-refractivity contribution in [1.82, 2.24) is 0 Å². The first-order chi connectivity index (χ1) is 12.4. The van der Waals surface area contributed by atoms with E-state index in [9.17, 15) is 9.90 Å². The quantitative estimate of drug-likeness (QED) is 0.816. The minimum atomic E-state index is -0.663. The Kier molecular flexibility index (Phi) is 3.70. The van der Waals surface area contributed by atoms with Crippen molar-refractivity contribution in [3.05, 3.63) is 22.7 Å². The fraction of sp³-hybridized carbons (Fsp3) is 0.650. The Morgan fingerprint density at radius 3 is 2.65 bits per heavy atom. The molecular weight excluding hydrogens is 356 g/mol. The average Bonchev–Trinajstić information content (AvgIpc) is 2.57. The van der Waals surface area contributed by atoms with Crippen LogP contribution in [0.5, 0.6) is 11.5 Å². The van der Waals surface area contributed by atoms with Gasteiger partial charge in [0.15, 0.2) is 11.5 Å². The van der Waals surface area contributed by atoms with Gasteiger partial charge in [0.1, 0.15) is 19.8 Å². The number of ether oxygens (including phenoxy) is 3. The number of hydrogen-bond acceptors (Lipinski definition) is 5. The first-order valence-electron chi connectivity index (χ1n) is 9.42. The molecule has 0 aromatic heterocycles. The first kappa shape index (κ1) is 16.7. The van der Waals surface area contributed by atoms with Crippen LogP contribution in [-0.2, 0) is 16.1 Å². The summed E-state index contributed by atoms with van der Waals surface area (Å²) in [6.45, 7) is 1.12. The van der Waals surface area contributed by atoms with Crippen molar-refractivity contribution in [1.29, 1.82) is 0 Å². The molecule has 1 heterocycles. The van der Waals surface area contributed by atoms with Crippen molar-refractivity contribution in [2.45, 2.75) is 50.7 Å². The van der Waals surface area contributed by atoms with Crippen LogP contribution in [0.3, 0.4) is 0 Å². The van der Waals surface area contributed by atoms with Crippen LogP contribution in [0.1, 0.15) is 44.1 Å². The van der Waals surface area contributed by atoms with Gasteiger partial charge < -0.3 is 19.3 Å². The van der Waals surface area contributed by atoms with E-state index in [0.29, 0.717) is 48.0 Å². The van der Waals surface area contributed by atoms with E-state index in [0.717, 1.165) is 37.7 Å². The third-order valence-electron chi connectivity index (χ3n) is 6.49. The highest BCUT2D eigenvalue weighted by atomic mass is 35.5. The lowest BCUT2D eigenvalue weighted by molar-refractivity contribution is -0.197. The van der Waals surface area contributed by atoms with E-state index < -0.39 is 11.0 Å². The molecule has 5 aliphatic rings. The molecule has 6 heteroatoms. The van der Waals surface area contributed by atoms with Gasteiger partial charge in [0.2, 0.25) is 0 Å². The Labute approximate surface area is 157 Å². The highest BCUT2D eigenvalue weighted by Crippen LogP contribution is 2.62. The van der Waals surface area contributed by atoms with Gasteiger partial charge in [-0.1, -0.05) is 11.6 Å². The summed E-state index contributed by atoms with van der Waals surface area (Å²) in [6.07, 6.45) is 5.09. The Morgan fingerprint density at radius 1 is 1.19 bits per heavy atom. The molecule has 6 rings (SSSR count). The fourth-order valence-electron chi connectivity index (χ4n) is 6.00. The summed E-state index contributed by atoms with van der Waals surface area (Å²) < 4.78 is 16.8. The second-order valence-corrected chi connectivity index (χ2v) is 9.05. The van der Waals surface area contributed by atoms with Gasteiger partial charge in [-0.2, -0.15) is 0 Å². The van der Waals surface area contributed by atoms with Gasteiger partial charge in [-0.15, -0.1) is 0 Å². The largest absolute Gasteiger partial charge is 0.486 e. The summed E-state index contributed by atoms with van der Waals surface area (Å²) in [5, 5.41) is 11.3. The van der Waals surface area contributed by atoms with Crippen molar-refractivity contribution in [2.24, 2.45) is 17.3 Å². The van der Waals surface area contributed by atoms with Crippen LogP contribution in [-0.4, -0.2) is 29.9 Å². The number of fused-ring (bicyclic) bond motifs is 1. The first-order valence-corrected chi connectivity index (χ1v) is 9.80. The number of aliphatic hydroxyl groups is 1. The smallest absolute Gasteiger partial charge is 0.312 e. The van der Waals surface area contributed by atoms with Gasteiger partial charge >= 0.3 is 5.97 Å². The van der Waals surface area contributed by atoms with E-state index in [2.05, 4.69) is 0 Å². The average molecular weight is 379 g/mol. The normalized spacial score (nSPS) is 36.8. The monoisotopic (exact) mass is 378 g/mol. The molecule has 4 fully saturated rings.